The summed E-state index contributed by atoms with van der Waals surface area (Å²) >= 11 is 5.80. The fourth-order valence-electron chi connectivity index (χ4n) is 4.60. The van der Waals surface area contributed by atoms with Crippen molar-refractivity contribution in [2.75, 3.05) is 19.1 Å². The molecule has 2 aromatic carbocycles. The Kier molecular flexibility index (Phi) is 6.51. The van der Waals surface area contributed by atoms with E-state index < -0.39 is 23.8 Å². The van der Waals surface area contributed by atoms with Crippen LogP contribution in [0.2, 0.25) is 0 Å². The van der Waals surface area contributed by atoms with Crippen LogP contribution in [0.4, 0.5) is 18.9 Å². The summed E-state index contributed by atoms with van der Waals surface area (Å²) in [5.41, 5.74) is 1.75. The lowest BCUT2D eigenvalue weighted by molar-refractivity contribution is -0.137. The van der Waals surface area contributed by atoms with Crippen LogP contribution in [0.5, 0.6) is 11.5 Å². The van der Waals surface area contributed by atoms with Gasteiger partial charge in [0.2, 0.25) is 0 Å². The maximum absolute atomic E-state index is 13.5. The molecule has 6 nitrogen and oxygen atoms in total. The first-order chi connectivity index (χ1) is 17.8. The summed E-state index contributed by atoms with van der Waals surface area (Å²) in [7, 11) is 3.13. The van der Waals surface area contributed by atoms with Crippen LogP contribution in [0.3, 0.4) is 0 Å². The molecule has 2 atom stereocenters. The second-order valence-corrected chi connectivity index (χ2v) is 8.77. The van der Waals surface area contributed by atoms with E-state index in [-0.39, 0.29) is 0 Å². The zero-order valence-electron chi connectivity index (χ0n) is 19.9. The van der Waals surface area contributed by atoms with Gasteiger partial charge in [0.05, 0.1) is 37.2 Å². The van der Waals surface area contributed by atoms with E-state index in [1.54, 1.807) is 55.4 Å². The van der Waals surface area contributed by atoms with Gasteiger partial charge in [0.1, 0.15) is 17.5 Å². The summed E-state index contributed by atoms with van der Waals surface area (Å²) in [6, 6.07) is 19.0. The number of anilines is 1. The second kappa shape index (κ2) is 9.78. The van der Waals surface area contributed by atoms with Crippen molar-refractivity contribution in [2.45, 2.75) is 18.3 Å². The van der Waals surface area contributed by atoms with Crippen molar-refractivity contribution < 1.29 is 22.6 Å². The van der Waals surface area contributed by atoms with Crippen molar-refractivity contribution >= 4 is 23.0 Å². The minimum absolute atomic E-state index is 0.380. The predicted molar refractivity (Wildman–Crippen MR) is 138 cm³/mol. The number of hydrogen-bond acceptors (Lipinski definition) is 4. The molecule has 0 saturated carbocycles. The maximum Gasteiger partial charge on any atom is 0.416 e. The van der Waals surface area contributed by atoms with E-state index in [0.29, 0.717) is 33.7 Å². The number of thiocarbonyl (C=S) groups is 1. The van der Waals surface area contributed by atoms with Crippen molar-refractivity contribution in [3.05, 3.63) is 102 Å². The number of nitrogens with one attached hydrogen (secondary N) is 1. The monoisotopic (exact) mass is 524 g/mol. The molecular weight excluding hydrogens is 501 g/mol. The lowest BCUT2D eigenvalue weighted by atomic mass is 10.0. The van der Waals surface area contributed by atoms with E-state index in [1.807, 2.05) is 35.2 Å². The molecule has 1 fully saturated rings. The highest BCUT2D eigenvalue weighted by molar-refractivity contribution is 7.80. The van der Waals surface area contributed by atoms with Gasteiger partial charge in [0.25, 0.3) is 0 Å². The molecule has 0 amide bonds. The first-order valence-electron chi connectivity index (χ1n) is 11.4. The third kappa shape index (κ3) is 4.60. The third-order valence-electron chi connectivity index (χ3n) is 6.28. The number of alkyl halides is 3. The molecule has 0 radical (unpaired) electrons. The van der Waals surface area contributed by atoms with Crippen LogP contribution in [0.25, 0.3) is 5.69 Å². The molecule has 1 aliphatic heterocycles. The van der Waals surface area contributed by atoms with E-state index in [1.165, 1.54) is 6.07 Å². The standard InChI is InChI=1S/C27H23F3N4O2S/c1-35-19-11-12-23(36-2)22(16-19)34-25(24(32-26(34)37)20-9-3-4-13-31-20)21-10-6-14-33(21)18-8-5-7-17(15-18)27(28,29)30/h3-16,24-25H,1-2H3,(H,32,37). The van der Waals surface area contributed by atoms with Crippen LogP contribution in [-0.2, 0) is 6.18 Å². The van der Waals surface area contributed by atoms with Gasteiger partial charge in [0.15, 0.2) is 5.11 Å². The predicted octanol–water partition coefficient (Wildman–Crippen LogP) is 6.09. The minimum atomic E-state index is -4.46. The summed E-state index contributed by atoms with van der Waals surface area (Å²) in [6.07, 6.45) is -1.03. The molecule has 10 heteroatoms. The van der Waals surface area contributed by atoms with Gasteiger partial charge in [-0.25, -0.2) is 0 Å². The third-order valence-corrected chi connectivity index (χ3v) is 6.59. The number of methoxy groups -OCH3 is 2. The van der Waals surface area contributed by atoms with Crippen molar-refractivity contribution in [3.63, 3.8) is 0 Å². The number of nitrogens with zero attached hydrogens (tertiary/aromatic N) is 3. The van der Waals surface area contributed by atoms with E-state index in [0.717, 1.165) is 17.8 Å². The van der Waals surface area contributed by atoms with Gasteiger partial charge in [-0.2, -0.15) is 13.2 Å². The number of rotatable bonds is 6. The average Bonchev–Trinajstić information content (AvgIpc) is 3.52. The normalized spacial score (nSPS) is 17.5. The Bertz CT molecular complexity index is 1420. The van der Waals surface area contributed by atoms with E-state index in [9.17, 15) is 13.2 Å². The molecule has 2 unspecified atom stereocenters. The van der Waals surface area contributed by atoms with Crippen molar-refractivity contribution in [2.24, 2.45) is 0 Å². The number of benzene rings is 2. The fourth-order valence-corrected chi connectivity index (χ4v) is 4.94. The maximum atomic E-state index is 13.5. The average molecular weight is 525 g/mol. The molecule has 5 rings (SSSR count). The molecule has 0 aliphatic carbocycles. The number of ether oxygens (including phenoxy) is 2. The van der Waals surface area contributed by atoms with Crippen LogP contribution >= 0.6 is 12.2 Å². The Labute approximate surface area is 217 Å². The second-order valence-electron chi connectivity index (χ2n) is 8.39. The van der Waals surface area contributed by atoms with Crippen molar-refractivity contribution in [3.8, 4) is 17.2 Å². The number of aromatic nitrogens is 2. The van der Waals surface area contributed by atoms with Crippen molar-refractivity contribution in [1.29, 1.82) is 0 Å². The number of pyridine rings is 1. The van der Waals surface area contributed by atoms with Gasteiger partial charge < -0.3 is 24.3 Å². The van der Waals surface area contributed by atoms with Gasteiger partial charge in [-0.1, -0.05) is 12.1 Å². The molecule has 1 saturated heterocycles. The van der Waals surface area contributed by atoms with Crippen LogP contribution in [0.15, 0.2) is 85.2 Å². The van der Waals surface area contributed by atoms with Crippen LogP contribution in [0, 0.1) is 0 Å². The smallest absolute Gasteiger partial charge is 0.416 e. The molecule has 0 spiro atoms. The SMILES string of the molecule is COc1ccc(OC)c(N2C(=S)NC(c3ccccn3)C2c2cccn2-c2cccc(C(F)(F)F)c2)c1. The van der Waals surface area contributed by atoms with E-state index in [4.69, 9.17) is 21.7 Å². The molecular formula is C27H23F3N4O2S. The Morgan fingerprint density at radius 1 is 0.946 bits per heavy atom. The Morgan fingerprint density at radius 2 is 1.78 bits per heavy atom. The van der Waals surface area contributed by atoms with Crippen LogP contribution < -0.4 is 19.7 Å². The number of halogens is 3. The van der Waals surface area contributed by atoms with Gasteiger partial charge in [-0.3, -0.25) is 4.98 Å². The molecule has 190 valence electrons. The summed E-state index contributed by atoms with van der Waals surface area (Å²) in [4.78, 5) is 6.44. The Morgan fingerprint density at radius 3 is 2.49 bits per heavy atom. The highest BCUT2D eigenvalue weighted by Gasteiger charge is 2.43. The Hall–Kier alpha value is -4.05. The molecule has 37 heavy (non-hydrogen) atoms. The highest BCUT2D eigenvalue weighted by atomic mass is 32.1. The van der Waals surface area contributed by atoms with Gasteiger partial charge in [0, 0.05) is 29.8 Å². The van der Waals surface area contributed by atoms with Crippen LogP contribution in [0.1, 0.15) is 29.0 Å². The summed E-state index contributed by atoms with van der Waals surface area (Å²) < 4.78 is 53.4. The fraction of sp³-hybridized carbons (Fsp3) is 0.185. The van der Waals surface area contributed by atoms with E-state index >= 15 is 0 Å². The minimum Gasteiger partial charge on any atom is -0.497 e. The molecule has 0 bridgehead atoms. The molecule has 1 aliphatic rings. The van der Waals surface area contributed by atoms with Crippen molar-refractivity contribution in [1.82, 2.24) is 14.9 Å². The zero-order chi connectivity index (χ0) is 26.2. The summed E-state index contributed by atoms with van der Waals surface area (Å²) in [6.45, 7) is 0. The molecule has 4 aromatic rings. The lowest BCUT2D eigenvalue weighted by Gasteiger charge is -2.30. The van der Waals surface area contributed by atoms with Gasteiger partial charge in [-0.15, -0.1) is 0 Å². The Balaban J connectivity index is 1.70. The van der Waals surface area contributed by atoms with Gasteiger partial charge in [-0.05, 0) is 66.8 Å². The van der Waals surface area contributed by atoms with Crippen LogP contribution in [-0.4, -0.2) is 28.9 Å². The first-order valence-corrected chi connectivity index (χ1v) is 11.8. The topological polar surface area (TPSA) is 51.6 Å². The lowest BCUT2D eigenvalue weighted by Crippen LogP contribution is -2.30. The summed E-state index contributed by atoms with van der Waals surface area (Å²) in [5.74, 6) is 1.17. The zero-order valence-corrected chi connectivity index (χ0v) is 20.8. The first kappa shape index (κ1) is 24.6. The summed E-state index contributed by atoms with van der Waals surface area (Å²) in [5, 5.41) is 3.79. The molecule has 2 aromatic heterocycles. The number of hydrogen-bond donors (Lipinski definition) is 1. The quantitative estimate of drug-likeness (QED) is 0.308. The highest BCUT2D eigenvalue weighted by Crippen LogP contribution is 2.46. The van der Waals surface area contributed by atoms with Gasteiger partial charge >= 0.3 is 6.18 Å². The van der Waals surface area contributed by atoms with E-state index in [2.05, 4.69) is 10.3 Å². The largest absolute Gasteiger partial charge is 0.497 e. The molecule has 1 N–H and O–H groups in total. The molecule has 3 heterocycles.